The largest absolute Gasteiger partial charge is 0.464 e. The van der Waals surface area contributed by atoms with Crippen LogP contribution in [0.1, 0.15) is 164 Å². The van der Waals surface area contributed by atoms with E-state index >= 15 is 0 Å². The third-order valence-corrected chi connectivity index (χ3v) is 19.7. The molecular weight excluding hydrogens is 2190 g/mol. The molecule has 0 aliphatic rings. The van der Waals surface area contributed by atoms with Gasteiger partial charge in [-0.25, -0.2) is 0 Å². The van der Waals surface area contributed by atoms with E-state index in [2.05, 4.69) is 154 Å². The topological polar surface area (TPSA) is 490 Å². The van der Waals surface area contributed by atoms with Gasteiger partial charge in [0.15, 0.2) is 0 Å². The van der Waals surface area contributed by atoms with Crippen LogP contribution in [0.15, 0.2) is 0 Å². The Morgan fingerprint density at radius 2 is 0.452 bits per heavy atom. The van der Waals surface area contributed by atoms with E-state index < -0.39 is 250 Å². The van der Waals surface area contributed by atoms with Crippen molar-refractivity contribution in [1.29, 1.82) is 0 Å². The summed E-state index contributed by atoms with van der Waals surface area (Å²) in [6.45, 7) is 21.3. The molecule has 728 valence electrons. The fourth-order valence-electron chi connectivity index (χ4n) is 9.24. The number of ketones is 1. The zero-order valence-corrected chi connectivity index (χ0v) is 88.5. The number of amides is 5. The van der Waals surface area contributed by atoms with Gasteiger partial charge in [0.2, 0.25) is 29.5 Å². The maximum Gasteiger partial charge on any atom is 0.322 e. The molecule has 0 fully saturated rings. The van der Waals surface area contributed by atoms with Gasteiger partial charge in [-0.15, -0.1) is 0 Å². The highest BCUT2D eigenvalue weighted by Crippen LogP contribution is 2.33. The lowest BCUT2D eigenvalue weighted by atomic mass is 9.82. The minimum Gasteiger partial charge on any atom is -0.464 e. The van der Waals surface area contributed by atoms with E-state index in [1.165, 1.54) is 111 Å². The number of ether oxygens (including phenoxy) is 16. The Morgan fingerprint density at radius 1 is 0.238 bits per heavy atom. The van der Waals surface area contributed by atoms with Crippen molar-refractivity contribution in [3.8, 4) is 0 Å². The minimum absolute atomic E-state index is 0.0279. The van der Waals surface area contributed by atoms with Gasteiger partial charge in [0.1, 0.15) is 120 Å². The van der Waals surface area contributed by atoms with Gasteiger partial charge >= 0.3 is 53.7 Å². The van der Waals surface area contributed by atoms with E-state index in [9.17, 15) is 71.9 Å². The van der Waals surface area contributed by atoms with Gasteiger partial charge in [-0.3, -0.25) is 71.9 Å². The highest BCUT2D eigenvalue weighted by atomic mass is 79.9. The average molecular weight is 2330 g/mol. The molecule has 0 bridgehead atoms. The van der Waals surface area contributed by atoms with Crippen molar-refractivity contribution in [2.24, 2.45) is 32.8 Å². The first-order valence-corrected chi connectivity index (χ1v) is 46.7. The van der Waals surface area contributed by atoms with Crippen LogP contribution in [0.25, 0.3) is 0 Å². The first-order chi connectivity index (χ1) is 57.7. The predicted octanol–water partition coefficient (Wildman–Crippen LogP) is 7.43. The summed E-state index contributed by atoms with van der Waals surface area (Å²) in [5.74, 6) is -10.4. The molecule has 0 atom stereocenters. The van der Waals surface area contributed by atoms with Crippen LogP contribution in [0.4, 0.5) is 0 Å². The molecule has 0 aliphatic carbocycles. The molecule has 37 nitrogen and oxygen atoms in total. The van der Waals surface area contributed by atoms with Crippen LogP contribution in [0.5, 0.6) is 0 Å². The zero-order valence-electron chi connectivity index (χ0n) is 75.8. The van der Waals surface area contributed by atoms with Crippen molar-refractivity contribution in [3.63, 3.8) is 0 Å². The number of hydrogen-bond acceptors (Lipinski definition) is 32. The summed E-state index contributed by atoms with van der Waals surface area (Å²) in [6.07, 6.45) is -1.34. The fraction of sp³-hybridized carbons (Fsp3) is 0.815. The van der Waals surface area contributed by atoms with Crippen molar-refractivity contribution in [2.45, 2.75) is 198 Å². The predicted molar refractivity (Wildman–Crippen MR) is 490 cm³/mol. The van der Waals surface area contributed by atoms with Crippen LogP contribution in [0, 0.1) is 27.1 Å². The first-order valence-electron chi connectivity index (χ1n) is 40.4. The molecule has 126 heavy (non-hydrogen) atoms. The van der Waals surface area contributed by atoms with Crippen LogP contribution in [-0.2, 0) is 148 Å². The molecule has 0 rings (SSSR count). The van der Waals surface area contributed by atoms with E-state index in [4.69, 9.17) is 81.5 Å². The molecule has 0 aromatic carbocycles. The summed E-state index contributed by atoms with van der Waals surface area (Å²) >= 11 is 26.1. The molecule has 0 aliphatic heterocycles. The second-order valence-corrected chi connectivity index (χ2v) is 51.1. The van der Waals surface area contributed by atoms with E-state index in [1.807, 2.05) is 0 Å². The third kappa shape index (κ3) is 54.7. The lowest BCUT2D eigenvalue weighted by Crippen LogP contribution is -2.49. The lowest BCUT2D eigenvalue weighted by Gasteiger charge is -2.34. The molecular formula is C81H132Br8N6O31. The highest BCUT2D eigenvalue weighted by Gasteiger charge is 2.46. The number of alkyl halides is 8. The normalized spacial score (nSPS) is 12.8. The molecule has 0 spiro atoms. The Morgan fingerprint density at radius 3 is 0.683 bits per heavy atom. The van der Waals surface area contributed by atoms with Crippen molar-refractivity contribution in [3.05, 3.63) is 0 Å². The number of hydrogen-bond donors (Lipinski definition) is 6. The quantitative estimate of drug-likeness (QED) is 0.0149. The summed E-state index contributed by atoms with van der Waals surface area (Å²) in [5.41, 5.74) is -1.57. The zero-order chi connectivity index (χ0) is 97.1. The number of carbonyl (C=O) groups is 15. The number of rotatable bonds is 67. The fourth-order valence-corrected chi connectivity index (χ4v) is 10.2. The third-order valence-electron chi connectivity index (χ3n) is 17.1. The second-order valence-electron chi connectivity index (χ2n) is 35.3. The van der Waals surface area contributed by atoms with Crippen molar-refractivity contribution >= 4 is 216 Å². The lowest BCUT2D eigenvalue weighted by molar-refractivity contribution is -0.174. The van der Waals surface area contributed by atoms with Crippen LogP contribution in [0.3, 0.4) is 0 Å². The Labute approximate surface area is 806 Å². The van der Waals surface area contributed by atoms with Gasteiger partial charge in [0.25, 0.3) is 0 Å². The first kappa shape index (κ1) is 122. The molecule has 0 saturated heterocycles. The average Bonchev–Trinajstić information content (AvgIpc) is 0.836. The Balaban J connectivity index is 7.45. The molecule has 5 amide bonds. The summed E-state index contributed by atoms with van der Waals surface area (Å²) in [4.78, 5) is 200. The molecule has 0 aromatic rings. The van der Waals surface area contributed by atoms with Gasteiger partial charge < -0.3 is 108 Å². The van der Waals surface area contributed by atoms with E-state index in [1.54, 1.807) is 20.8 Å². The maximum atomic E-state index is 14.1. The summed E-state index contributed by atoms with van der Waals surface area (Å²) < 4.78 is 81.7. The minimum atomic E-state index is -1.58. The van der Waals surface area contributed by atoms with Crippen LogP contribution >= 0.6 is 127 Å². The molecule has 0 aromatic heterocycles. The summed E-state index contributed by atoms with van der Waals surface area (Å²) in [7, 11) is 0. The van der Waals surface area contributed by atoms with Crippen molar-refractivity contribution < 1.29 is 148 Å². The second kappa shape index (κ2) is 57.4. The number of esters is 9. The van der Waals surface area contributed by atoms with Crippen molar-refractivity contribution in [1.82, 2.24) is 26.6 Å². The number of carbonyl (C=O) groups excluding carboxylic acids is 15. The number of Topliss-reactive ketones (excluding diaryl/α,β-unsaturated/α-hetero) is 1. The molecule has 0 unspecified atom stereocenters. The Bertz CT molecular complexity index is 2950. The van der Waals surface area contributed by atoms with E-state index in [-0.39, 0.29) is 104 Å². The van der Waals surface area contributed by atoms with Crippen LogP contribution < -0.4 is 32.3 Å². The monoisotopic (exact) mass is 2320 g/mol. The summed E-state index contributed by atoms with van der Waals surface area (Å²) in [6, 6.07) is 0. The van der Waals surface area contributed by atoms with Crippen molar-refractivity contribution in [2.75, 3.05) is 191 Å². The Hall–Kier alpha value is -4.23. The Kier molecular flexibility index (Phi) is 55.4. The number of halogens is 8. The molecule has 45 heteroatoms. The van der Waals surface area contributed by atoms with Gasteiger partial charge in [0, 0.05) is 70.4 Å². The number of nitrogens with one attached hydrogen (secondary N) is 5. The van der Waals surface area contributed by atoms with Gasteiger partial charge in [-0.2, -0.15) is 0 Å². The van der Waals surface area contributed by atoms with E-state index in [0.29, 0.717) is 19.8 Å². The number of nitrogens with two attached hydrogens (primary N) is 1. The van der Waals surface area contributed by atoms with Gasteiger partial charge in [0.05, 0.1) is 94.3 Å². The molecule has 7 N–H and O–H groups in total. The SMILES string of the molecule is CC(C)(C)C(=O)OCC(COCC(=O)NCCC(=O)CCC(CNC(=O)CCNC(=O)COCC(COC(=O)C(C)(C)Br)(COC(=O)C(C)(C)Br)COC(=O)C(C)(C)Br)(CNC(=O)CCNC(=O)COCC(COC(=O)C(C)(C)Br)(COC(=O)C(C)(C)Br)COC(=O)C(C)(C)Br)COCCOCCOCCOCCN)(COC(=O)C(C)(C)Br)COC(=O)C(C)(C)Br. The molecule has 0 radical (unpaired) electrons. The van der Waals surface area contributed by atoms with Gasteiger partial charge in [-0.1, -0.05) is 127 Å². The van der Waals surface area contributed by atoms with Crippen LogP contribution in [0.2, 0.25) is 0 Å². The van der Waals surface area contributed by atoms with Crippen LogP contribution in [-0.4, -0.2) is 315 Å². The smallest absolute Gasteiger partial charge is 0.322 e. The maximum absolute atomic E-state index is 14.1. The molecule has 0 saturated carbocycles. The summed E-state index contributed by atoms with van der Waals surface area (Å²) in [5, 5.41) is 13.5. The van der Waals surface area contributed by atoms with E-state index in [0.717, 1.165) is 0 Å². The van der Waals surface area contributed by atoms with Gasteiger partial charge in [-0.05, 0) is 138 Å². The molecule has 0 heterocycles. The standard InChI is InChI=1S/C81H132Br8N6O31/c1-69(2,3)60(102)118-45-79(46-119-61(103)70(4,5)82,47-120-62(104)71(6,7)83)42-115-36-57(99)91-26-21-54(96)20-24-78(41-114-35-34-113-33-32-112-31-30-111-29-25-90,39-94-55(97)22-27-92-58(100)37-116-43-80(48-121-63(105)72(8,9)84,49-122-64(106)73(10,11)85)50-123-65(107)74(12,13)86)40-95-56(98)23-28-93-59(101)38-117-44-81(51-124-66(108)75(14,15)87,52-125-67(109)76(16,17)88)53-126-68(110)77(18,19)89/h20-53,90H2,1-19H3,(H,91,99)(H,92,100)(H,93,101)(H,94,97)(H,95,98). The highest BCUT2D eigenvalue weighted by molar-refractivity contribution is 9.11.